The van der Waals surface area contributed by atoms with Gasteiger partial charge in [0.05, 0.1) is 0 Å². The van der Waals surface area contributed by atoms with E-state index in [1.807, 2.05) is 56.4 Å². The smallest absolute Gasteiger partial charge is 0.239 e. The van der Waals surface area contributed by atoms with Crippen molar-refractivity contribution in [3.05, 3.63) is 65.4 Å². The molecule has 5 nitrogen and oxygen atoms in total. The molecule has 3 aromatic rings. The number of aromatic amines is 1. The van der Waals surface area contributed by atoms with Crippen LogP contribution < -0.4 is 10.6 Å². The molecule has 5 heteroatoms. The Hall–Kier alpha value is -3.08. The van der Waals surface area contributed by atoms with E-state index in [0.717, 1.165) is 39.7 Å². The average molecular weight is 392 g/mol. The molecule has 0 fully saturated rings. The highest BCUT2D eigenvalue weighted by atomic mass is 16.2. The van der Waals surface area contributed by atoms with Gasteiger partial charge in [-0.25, -0.2) is 0 Å². The highest BCUT2D eigenvalue weighted by Crippen LogP contribution is 2.25. The van der Waals surface area contributed by atoms with Gasteiger partial charge in [-0.2, -0.15) is 0 Å². The molecule has 2 amide bonds. The van der Waals surface area contributed by atoms with Crippen molar-refractivity contribution in [3.8, 4) is 0 Å². The molecule has 0 saturated carbocycles. The Kier molecular flexibility index (Phi) is 6.06. The zero-order valence-electron chi connectivity index (χ0n) is 17.6. The van der Waals surface area contributed by atoms with Crippen molar-refractivity contribution in [2.45, 2.75) is 40.5 Å². The van der Waals surface area contributed by atoms with E-state index in [1.54, 1.807) is 13.8 Å². The van der Waals surface area contributed by atoms with Crippen molar-refractivity contribution in [3.63, 3.8) is 0 Å². The summed E-state index contributed by atoms with van der Waals surface area (Å²) in [6.45, 7) is 7.80. The molecule has 0 aliphatic carbocycles. The number of aryl methyl sites for hydroxylation is 2. The molecular formula is C24H29N3O2. The molecule has 3 rings (SSSR count). The summed E-state index contributed by atoms with van der Waals surface area (Å²) < 4.78 is 0. The lowest BCUT2D eigenvalue weighted by molar-refractivity contribution is -0.138. The first-order chi connectivity index (χ1) is 13.8. The molecule has 0 aliphatic heterocycles. The minimum atomic E-state index is -1.17. The molecular weight excluding hydrogens is 362 g/mol. The van der Waals surface area contributed by atoms with Gasteiger partial charge in [-0.15, -0.1) is 0 Å². The Morgan fingerprint density at radius 1 is 1.00 bits per heavy atom. The van der Waals surface area contributed by atoms with Crippen LogP contribution in [0.25, 0.3) is 10.9 Å². The number of amides is 2. The van der Waals surface area contributed by atoms with Crippen molar-refractivity contribution in [1.29, 1.82) is 0 Å². The zero-order chi connectivity index (χ0) is 21.0. The molecule has 0 unspecified atom stereocenters. The van der Waals surface area contributed by atoms with Crippen molar-refractivity contribution in [2.75, 3.05) is 11.9 Å². The summed E-state index contributed by atoms with van der Waals surface area (Å²) in [5.41, 5.74) is 3.92. The third kappa shape index (κ3) is 4.34. The minimum Gasteiger partial charge on any atom is -0.361 e. The van der Waals surface area contributed by atoms with E-state index < -0.39 is 5.41 Å². The third-order valence-electron chi connectivity index (χ3n) is 5.47. The summed E-state index contributed by atoms with van der Waals surface area (Å²) in [5.74, 6) is -0.576. The Labute approximate surface area is 171 Å². The van der Waals surface area contributed by atoms with Crippen molar-refractivity contribution < 1.29 is 9.59 Å². The van der Waals surface area contributed by atoms with E-state index in [9.17, 15) is 9.59 Å². The Morgan fingerprint density at radius 3 is 2.52 bits per heavy atom. The van der Waals surface area contributed by atoms with Gasteiger partial charge >= 0.3 is 0 Å². The van der Waals surface area contributed by atoms with Crippen molar-refractivity contribution >= 4 is 28.4 Å². The summed E-state index contributed by atoms with van der Waals surface area (Å²) >= 11 is 0. The lowest BCUT2D eigenvalue weighted by Crippen LogP contribution is -2.45. The number of para-hydroxylation sites is 2. The number of benzene rings is 2. The first-order valence-electron chi connectivity index (χ1n) is 10.1. The van der Waals surface area contributed by atoms with Gasteiger partial charge in [0.1, 0.15) is 5.41 Å². The van der Waals surface area contributed by atoms with Gasteiger partial charge in [-0.1, -0.05) is 43.3 Å². The van der Waals surface area contributed by atoms with E-state index >= 15 is 0 Å². The maximum atomic E-state index is 12.9. The fraction of sp³-hybridized carbons (Fsp3) is 0.333. The van der Waals surface area contributed by atoms with Crippen molar-refractivity contribution in [1.82, 2.24) is 10.3 Å². The van der Waals surface area contributed by atoms with Gasteiger partial charge < -0.3 is 15.6 Å². The number of fused-ring (bicyclic) bond motifs is 1. The number of hydrogen-bond acceptors (Lipinski definition) is 2. The first kappa shape index (κ1) is 20.6. The predicted molar refractivity (Wildman–Crippen MR) is 118 cm³/mol. The van der Waals surface area contributed by atoms with E-state index in [4.69, 9.17) is 0 Å². The average Bonchev–Trinajstić information content (AvgIpc) is 3.12. The van der Waals surface area contributed by atoms with E-state index in [0.29, 0.717) is 13.0 Å². The highest BCUT2D eigenvalue weighted by molar-refractivity contribution is 6.10. The lowest BCUT2D eigenvalue weighted by atomic mass is 9.90. The molecule has 0 aliphatic rings. The standard InChI is InChI=1S/C24H29N3O2/c1-5-17-10-8-9-16(2)21(17)27-23(29)24(3,4)22(28)25-14-13-18-15-26-20-12-7-6-11-19(18)20/h6-12,15,26H,5,13-14H2,1-4H3,(H,25,28)(H,27,29). The molecule has 3 N–H and O–H groups in total. The van der Waals surface area contributed by atoms with Crippen molar-refractivity contribution in [2.24, 2.45) is 5.41 Å². The number of hydrogen-bond donors (Lipinski definition) is 3. The normalized spacial score (nSPS) is 11.4. The molecule has 0 atom stereocenters. The number of anilines is 1. The molecule has 29 heavy (non-hydrogen) atoms. The predicted octanol–water partition coefficient (Wildman–Crippen LogP) is 4.36. The van der Waals surface area contributed by atoms with Crippen LogP contribution in [0.1, 0.15) is 37.5 Å². The summed E-state index contributed by atoms with van der Waals surface area (Å²) in [4.78, 5) is 28.9. The number of nitrogens with one attached hydrogen (secondary N) is 3. The van der Waals surface area contributed by atoms with Crippen LogP contribution in [0.3, 0.4) is 0 Å². The van der Waals surface area contributed by atoms with Gasteiger partial charge in [0.2, 0.25) is 11.8 Å². The van der Waals surface area contributed by atoms with E-state index in [2.05, 4.69) is 21.7 Å². The quantitative estimate of drug-likeness (QED) is 0.524. The number of rotatable bonds is 7. The van der Waals surface area contributed by atoms with Crippen LogP contribution in [0.15, 0.2) is 48.7 Å². The zero-order valence-corrected chi connectivity index (χ0v) is 17.6. The fourth-order valence-corrected chi connectivity index (χ4v) is 3.45. The monoisotopic (exact) mass is 391 g/mol. The molecule has 1 heterocycles. The topological polar surface area (TPSA) is 74.0 Å². The summed E-state index contributed by atoms with van der Waals surface area (Å²) in [7, 11) is 0. The number of carbonyl (C=O) groups is 2. The molecule has 0 radical (unpaired) electrons. The second kappa shape index (κ2) is 8.52. The van der Waals surface area contributed by atoms with Gasteiger partial charge in [-0.05, 0) is 56.4 Å². The highest BCUT2D eigenvalue weighted by Gasteiger charge is 2.36. The van der Waals surface area contributed by atoms with Crippen LogP contribution in [0.5, 0.6) is 0 Å². The maximum Gasteiger partial charge on any atom is 0.239 e. The molecule has 152 valence electrons. The van der Waals surface area contributed by atoms with E-state index in [-0.39, 0.29) is 11.8 Å². The molecule has 1 aromatic heterocycles. The molecule has 2 aromatic carbocycles. The SMILES string of the molecule is CCc1cccc(C)c1NC(=O)C(C)(C)C(=O)NCCc1c[nH]c2ccccc12. The minimum absolute atomic E-state index is 0.276. The van der Waals surface area contributed by atoms with Gasteiger partial charge in [0.15, 0.2) is 0 Å². The second-order valence-corrected chi connectivity index (χ2v) is 7.91. The Morgan fingerprint density at radius 2 is 1.76 bits per heavy atom. The largest absolute Gasteiger partial charge is 0.361 e. The molecule has 0 bridgehead atoms. The van der Waals surface area contributed by atoms with Crippen LogP contribution in [0, 0.1) is 12.3 Å². The molecule has 0 saturated heterocycles. The van der Waals surface area contributed by atoms with E-state index in [1.165, 1.54) is 0 Å². The number of carbonyl (C=O) groups excluding carboxylic acids is 2. The van der Waals surface area contributed by atoms with Crippen LogP contribution in [0.2, 0.25) is 0 Å². The second-order valence-electron chi connectivity index (χ2n) is 7.91. The Bertz CT molecular complexity index is 1030. The van der Waals surface area contributed by atoms with Gasteiger partial charge in [0.25, 0.3) is 0 Å². The van der Waals surface area contributed by atoms with Gasteiger partial charge in [-0.3, -0.25) is 9.59 Å². The lowest BCUT2D eigenvalue weighted by Gasteiger charge is -2.24. The third-order valence-corrected chi connectivity index (χ3v) is 5.47. The maximum absolute atomic E-state index is 12.9. The van der Waals surface area contributed by atoms with Crippen LogP contribution in [0.4, 0.5) is 5.69 Å². The Balaban J connectivity index is 1.63. The van der Waals surface area contributed by atoms with Gasteiger partial charge in [0, 0.05) is 29.3 Å². The summed E-state index contributed by atoms with van der Waals surface area (Å²) in [6, 6.07) is 14.0. The molecule has 0 spiro atoms. The first-order valence-corrected chi connectivity index (χ1v) is 10.1. The van der Waals surface area contributed by atoms with Crippen LogP contribution in [-0.4, -0.2) is 23.3 Å². The fourth-order valence-electron chi connectivity index (χ4n) is 3.45. The summed E-state index contributed by atoms with van der Waals surface area (Å²) in [6.07, 6.45) is 3.49. The summed E-state index contributed by atoms with van der Waals surface area (Å²) in [5, 5.41) is 7.05. The number of aromatic nitrogens is 1. The van der Waals surface area contributed by atoms with Crippen LogP contribution >= 0.6 is 0 Å². The van der Waals surface area contributed by atoms with Crippen LogP contribution in [-0.2, 0) is 22.4 Å². The number of H-pyrrole nitrogens is 1.